The molecule has 1 amide bonds. The number of benzene rings is 2. The van der Waals surface area contributed by atoms with E-state index in [-0.39, 0.29) is 17.3 Å². The Hall–Kier alpha value is -2.18. The summed E-state index contributed by atoms with van der Waals surface area (Å²) in [5.74, 6) is 0.0103. The molecule has 2 aromatic carbocycles. The Morgan fingerprint density at radius 1 is 1.12 bits per heavy atom. The maximum Gasteiger partial charge on any atom is 0.240 e. The van der Waals surface area contributed by atoms with Gasteiger partial charge in [0.15, 0.2) is 0 Å². The first-order valence-corrected chi connectivity index (χ1v) is 9.35. The number of nitrogens with one attached hydrogen (secondary N) is 1. The zero-order chi connectivity index (χ0) is 17.2. The van der Waals surface area contributed by atoms with Gasteiger partial charge in [-0.25, -0.2) is 13.1 Å². The molecule has 0 unspecified atom stereocenters. The Morgan fingerprint density at radius 2 is 1.88 bits per heavy atom. The van der Waals surface area contributed by atoms with Gasteiger partial charge in [0.25, 0.3) is 0 Å². The molecule has 1 aliphatic heterocycles. The van der Waals surface area contributed by atoms with Crippen LogP contribution < -0.4 is 4.72 Å². The third-order valence-corrected chi connectivity index (χ3v) is 5.65. The van der Waals surface area contributed by atoms with Gasteiger partial charge in [0, 0.05) is 26.6 Å². The highest BCUT2D eigenvalue weighted by Gasteiger charge is 2.21. The Morgan fingerprint density at radius 3 is 2.58 bits per heavy atom. The number of sulfonamides is 1. The number of hydrogen-bond donors (Lipinski definition) is 1. The monoisotopic (exact) mass is 344 g/mol. The van der Waals surface area contributed by atoms with Gasteiger partial charge in [-0.2, -0.15) is 0 Å². The van der Waals surface area contributed by atoms with E-state index in [1.807, 2.05) is 36.4 Å². The van der Waals surface area contributed by atoms with Crippen molar-refractivity contribution in [3.63, 3.8) is 0 Å². The summed E-state index contributed by atoms with van der Waals surface area (Å²) in [5, 5.41) is 0. The Kier molecular flexibility index (Phi) is 4.69. The molecule has 6 heteroatoms. The lowest BCUT2D eigenvalue weighted by Gasteiger charge is -2.28. The summed E-state index contributed by atoms with van der Waals surface area (Å²) in [4.78, 5) is 13.5. The minimum Gasteiger partial charge on any atom is -0.338 e. The third kappa shape index (κ3) is 3.66. The highest BCUT2D eigenvalue weighted by Crippen LogP contribution is 2.22. The molecule has 126 valence electrons. The van der Waals surface area contributed by atoms with Crippen LogP contribution in [0, 0.1) is 0 Å². The largest absolute Gasteiger partial charge is 0.338 e. The predicted octanol–water partition coefficient (Wildman–Crippen LogP) is 2.07. The van der Waals surface area contributed by atoms with E-state index in [4.69, 9.17) is 0 Å². The van der Waals surface area contributed by atoms with Crippen LogP contribution in [0.2, 0.25) is 0 Å². The molecule has 1 N–H and O–H groups in total. The SMILES string of the molecule is CC(=O)N1CCc2ccc(S(=O)(=O)NCc3ccccc3)cc2C1. The number of carbonyl (C=O) groups is 1. The molecule has 24 heavy (non-hydrogen) atoms. The van der Waals surface area contributed by atoms with Crippen LogP contribution in [0.4, 0.5) is 0 Å². The van der Waals surface area contributed by atoms with Crippen LogP contribution >= 0.6 is 0 Å². The van der Waals surface area contributed by atoms with Crippen molar-refractivity contribution in [2.24, 2.45) is 0 Å². The van der Waals surface area contributed by atoms with Crippen molar-refractivity contribution < 1.29 is 13.2 Å². The van der Waals surface area contributed by atoms with Gasteiger partial charge in [-0.15, -0.1) is 0 Å². The van der Waals surface area contributed by atoms with Crippen LogP contribution in [0.5, 0.6) is 0 Å². The molecule has 0 aromatic heterocycles. The van der Waals surface area contributed by atoms with Crippen LogP contribution in [-0.4, -0.2) is 25.8 Å². The number of amides is 1. The summed E-state index contributed by atoms with van der Waals surface area (Å²) in [7, 11) is -3.58. The highest BCUT2D eigenvalue weighted by molar-refractivity contribution is 7.89. The topological polar surface area (TPSA) is 66.5 Å². The molecule has 5 nitrogen and oxygen atoms in total. The summed E-state index contributed by atoms with van der Waals surface area (Å²) in [6.07, 6.45) is 0.757. The van der Waals surface area contributed by atoms with Gasteiger partial charge >= 0.3 is 0 Å². The van der Waals surface area contributed by atoms with Crippen LogP contribution in [0.3, 0.4) is 0 Å². The second kappa shape index (κ2) is 6.75. The quantitative estimate of drug-likeness (QED) is 0.923. The van der Waals surface area contributed by atoms with Crippen LogP contribution in [0.15, 0.2) is 53.4 Å². The average Bonchev–Trinajstić information content (AvgIpc) is 2.60. The summed E-state index contributed by atoms with van der Waals surface area (Å²) < 4.78 is 27.7. The molecule has 0 atom stereocenters. The summed E-state index contributed by atoms with van der Waals surface area (Å²) in [6, 6.07) is 14.6. The Labute approximate surface area is 142 Å². The molecular formula is C18H20N2O3S. The molecule has 0 saturated heterocycles. The maximum absolute atomic E-state index is 12.5. The van der Waals surface area contributed by atoms with Crippen molar-refractivity contribution in [1.82, 2.24) is 9.62 Å². The van der Waals surface area contributed by atoms with Crippen molar-refractivity contribution in [3.8, 4) is 0 Å². The lowest BCUT2D eigenvalue weighted by molar-refractivity contribution is -0.129. The molecule has 1 aliphatic rings. The molecule has 1 heterocycles. The van der Waals surface area contributed by atoms with E-state index in [0.717, 1.165) is 23.1 Å². The number of fused-ring (bicyclic) bond motifs is 1. The molecule has 0 radical (unpaired) electrons. The normalized spacial score (nSPS) is 14.3. The van der Waals surface area contributed by atoms with E-state index in [1.54, 1.807) is 17.0 Å². The van der Waals surface area contributed by atoms with Crippen molar-refractivity contribution >= 4 is 15.9 Å². The Bertz CT molecular complexity index is 848. The second-order valence-corrected chi connectivity index (χ2v) is 7.70. The zero-order valence-corrected chi connectivity index (χ0v) is 14.3. The van der Waals surface area contributed by atoms with Crippen LogP contribution in [-0.2, 0) is 34.3 Å². The molecular weight excluding hydrogens is 324 g/mol. The molecule has 0 saturated carbocycles. The van der Waals surface area contributed by atoms with E-state index in [1.165, 1.54) is 6.92 Å². The van der Waals surface area contributed by atoms with Gasteiger partial charge in [0.2, 0.25) is 15.9 Å². The van der Waals surface area contributed by atoms with Crippen LogP contribution in [0.25, 0.3) is 0 Å². The molecule has 3 rings (SSSR count). The van der Waals surface area contributed by atoms with E-state index in [0.29, 0.717) is 13.1 Å². The summed E-state index contributed by atoms with van der Waals surface area (Å²) in [6.45, 7) is 2.93. The fourth-order valence-corrected chi connectivity index (χ4v) is 3.89. The van der Waals surface area contributed by atoms with E-state index >= 15 is 0 Å². The minimum absolute atomic E-state index is 0.0103. The van der Waals surface area contributed by atoms with Gasteiger partial charge < -0.3 is 4.90 Å². The molecule has 0 bridgehead atoms. The van der Waals surface area contributed by atoms with Crippen LogP contribution in [0.1, 0.15) is 23.6 Å². The fraction of sp³-hybridized carbons (Fsp3) is 0.278. The van der Waals surface area contributed by atoms with Gasteiger partial charge in [-0.3, -0.25) is 4.79 Å². The Balaban J connectivity index is 1.79. The van der Waals surface area contributed by atoms with E-state index < -0.39 is 10.0 Å². The lowest BCUT2D eigenvalue weighted by Crippen LogP contribution is -2.34. The molecule has 0 fully saturated rings. The van der Waals surface area contributed by atoms with Crippen molar-refractivity contribution in [2.45, 2.75) is 31.3 Å². The van der Waals surface area contributed by atoms with Gasteiger partial charge in [0.1, 0.15) is 0 Å². The van der Waals surface area contributed by atoms with E-state index in [9.17, 15) is 13.2 Å². The van der Waals surface area contributed by atoms with Gasteiger partial charge in [-0.1, -0.05) is 36.4 Å². The summed E-state index contributed by atoms with van der Waals surface area (Å²) in [5.41, 5.74) is 2.91. The fourth-order valence-electron chi connectivity index (χ4n) is 2.83. The molecule has 2 aromatic rings. The summed E-state index contributed by atoms with van der Waals surface area (Å²) >= 11 is 0. The standard InChI is InChI=1S/C18H20N2O3S/c1-14(21)20-10-9-16-7-8-18(11-17(16)13-20)24(22,23)19-12-15-5-3-2-4-6-15/h2-8,11,19H,9-10,12-13H2,1H3. The minimum atomic E-state index is -3.58. The first-order valence-electron chi connectivity index (χ1n) is 7.86. The maximum atomic E-state index is 12.5. The van der Waals surface area contributed by atoms with Crippen molar-refractivity contribution in [1.29, 1.82) is 0 Å². The number of carbonyl (C=O) groups excluding carboxylic acids is 1. The number of rotatable bonds is 4. The molecule has 0 spiro atoms. The third-order valence-electron chi connectivity index (χ3n) is 4.25. The first-order chi connectivity index (χ1) is 11.5. The highest BCUT2D eigenvalue weighted by atomic mass is 32.2. The number of hydrogen-bond acceptors (Lipinski definition) is 3. The van der Waals surface area contributed by atoms with Crippen molar-refractivity contribution in [2.75, 3.05) is 6.54 Å². The first kappa shape index (κ1) is 16.7. The second-order valence-electron chi connectivity index (χ2n) is 5.93. The predicted molar refractivity (Wildman–Crippen MR) is 91.7 cm³/mol. The van der Waals surface area contributed by atoms with Gasteiger partial charge in [0.05, 0.1) is 4.90 Å². The van der Waals surface area contributed by atoms with E-state index in [2.05, 4.69) is 4.72 Å². The smallest absolute Gasteiger partial charge is 0.240 e. The lowest BCUT2D eigenvalue weighted by atomic mass is 10.00. The number of nitrogens with zero attached hydrogens (tertiary/aromatic N) is 1. The average molecular weight is 344 g/mol. The van der Waals surface area contributed by atoms with Gasteiger partial charge in [-0.05, 0) is 35.2 Å². The van der Waals surface area contributed by atoms with Crippen molar-refractivity contribution in [3.05, 3.63) is 65.2 Å². The zero-order valence-electron chi connectivity index (χ0n) is 13.5. The molecule has 0 aliphatic carbocycles.